The molecule has 1 fully saturated rings. The van der Waals surface area contributed by atoms with Crippen LogP contribution in [0.15, 0.2) is 54.7 Å². The van der Waals surface area contributed by atoms with Crippen LogP contribution in [0.1, 0.15) is 28.8 Å². The number of rotatable bonds is 4. The number of nitrogens with zero attached hydrogens (tertiary/aromatic N) is 1. The second kappa shape index (κ2) is 6.43. The van der Waals surface area contributed by atoms with Crippen molar-refractivity contribution in [1.29, 1.82) is 0 Å². The first-order valence-corrected chi connectivity index (χ1v) is 8.46. The van der Waals surface area contributed by atoms with Gasteiger partial charge in [0.1, 0.15) is 0 Å². The highest BCUT2D eigenvalue weighted by Crippen LogP contribution is 2.22. The van der Waals surface area contributed by atoms with Crippen molar-refractivity contribution < 1.29 is 9.59 Å². The SMILES string of the molecule is O=C(NCc1c[nH]c2ccccc12)c1cccc(N2CCCC2=O)c1. The predicted molar refractivity (Wildman–Crippen MR) is 97.5 cm³/mol. The predicted octanol–water partition coefficient (Wildman–Crippen LogP) is 3.22. The summed E-state index contributed by atoms with van der Waals surface area (Å²) < 4.78 is 0. The third-order valence-corrected chi connectivity index (χ3v) is 4.61. The van der Waals surface area contributed by atoms with Crippen molar-refractivity contribution in [3.05, 3.63) is 65.9 Å². The number of para-hydroxylation sites is 1. The number of aromatic amines is 1. The van der Waals surface area contributed by atoms with Crippen LogP contribution in [-0.2, 0) is 11.3 Å². The van der Waals surface area contributed by atoms with E-state index in [-0.39, 0.29) is 11.8 Å². The fourth-order valence-electron chi connectivity index (χ4n) is 3.29. The monoisotopic (exact) mass is 333 g/mol. The first-order valence-electron chi connectivity index (χ1n) is 8.46. The quantitative estimate of drug-likeness (QED) is 0.770. The lowest BCUT2D eigenvalue weighted by Gasteiger charge is -2.16. The fourth-order valence-corrected chi connectivity index (χ4v) is 3.29. The molecule has 0 aliphatic carbocycles. The van der Waals surface area contributed by atoms with Crippen molar-refractivity contribution in [2.45, 2.75) is 19.4 Å². The molecule has 2 aromatic carbocycles. The van der Waals surface area contributed by atoms with Gasteiger partial charge >= 0.3 is 0 Å². The summed E-state index contributed by atoms with van der Waals surface area (Å²) >= 11 is 0. The lowest BCUT2D eigenvalue weighted by atomic mass is 10.1. The Bertz CT molecular complexity index is 945. The lowest BCUT2D eigenvalue weighted by Crippen LogP contribution is -2.25. The van der Waals surface area contributed by atoms with Crippen molar-refractivity contribution in [2.24, 2.45) is 0 Å². The fraction of sp³-hybridized carbons (Fsp3) is 0.200. The van der Waals surface area contributed by atoms with Gasteiger partial charge in [-0.1, -0.05) is 24.3 Å². The van der Waals surface area contributed by atoms with Gasteiger partial charge in [0.2, 0.25) is 5.91 Å². The highest BCUT2D eigenvalue weighted by Gasteiger charge is 2.22. The first kappa shape index (κ1) is 15.4. The van der Waals surface area contributed by atoms with Crippen LogP contribution in [0.5, 0.6) is 0 Å². The second-order valence-electron chi connectivity index (χ2n) is 6.24. The van der Waals surface area contributed by atoms with Crippen molar-refractivity contribution in [2.75, 3.05) is 11.4 Å². The molecular weight excluding hydrogens is 314 g/mol. The van der Waals surface area contributed by atoms with Crippen LogP contribution in [0, 0.1) is 0 Å². The van der Waals surface area contributed by atoms with Gasteiger partial charge in [-0.25, -0.2) is 0 Å². The summed E-state index contributed by atoms with van der Waals surface area (Å²) in [5, 5.41) is 4.07. The van der Waals surface area contributed by atoms with E-state index in [1.165, 1.54) is 0 Å². The molecule has 0 radical (unpaired) electrons. The number of amides is 2. The number of H-pyrrole nitrogens is 1. The molecule has 126 valence electrons. The molecule has 2 amide bonds. The Morgan fingerprint density at radius 3 is 2.88 bits per heavy atom. The van der Waals surface area contributed by atoms with Crippen LogP contribution >= 0.6 is 0 Å². The zero-order valence-corrected chi connectivity index (χ0v) is 13.8. The highest BCUT2D eigenvalue weighted by molar-refractivity contribution is 5.99. The molecule has 1 saturated heterocycles. The van der Waals surface area contributed by atoms with E-state index in [0.29, 0.717) is 18.5 Å². The van der Waals surface area contributed by atoms with E-state index >= 15 is 0 Å². The van der Waals surface area contributed by atoms with Crippen molar-refractivity contribution in [3.63, 3.8) is 0 Å². The molecule has 1 aliphatic heterocycles. The minimum atomic E-state index is -0.140. The Kier molecular flexibility index (Phi) is 3.98. The average molecular weight is 333 g/mol. The third-order valence-electron chi connectivity index (χ3n) is 4.61. The van der Waals surface area contributed by atoms with Crippen LogP contribution in [0.2, 0.25) is 0 Å². The highest BCUT2D eigenvalue weighted by atomic mass is 16.2. The van der Waals surface area contributed by atoms with E-state index in [1.807, 2.05) is 42.6 Å². The van der Waals surface area contributed by atoms with Gasteiger partial charge in [0, 0.05) is 47.9 Å². The molecule has 0 saturated carbocycles. The summed E-state index contributed by atoms with van der Waals surface area (Å²) in [6.45, 7) is 1.18. The summed E-state index contributed by atoms with van der Waals surface area (Å²) in [7, 11) is 0. The molecule has 2 N–H and O–H groups in total. The van der Waals surface area contributed by atoms with Crippen molar-refractivity contribution in [3.8, 4) is 0 Å². The van der Waals surface area contributed by atoms with Gasteiger partial charge < -0.3 is 15.2 Å². The van der Waals surface area contributed by atoms with E-state index in [9.17, 15) is 9.59 Å². The van der Waals surface area contributed by atoms with Gasteiger partial charge in [-0.2, -0.15) is 0 Å². The summed E-state index contributed by atoms with van der Waals surface area (Å²) in [4.78, 5) is 29.3. The molecule has 25 heavy (non-hydrogen) atoms. The minimum absolute atomic E-state index is 0.122. The number of benzene rings is 2. The zero-order valence-electron chi connectivity index (χ0n) is 13.8. The molecule has 2 heterocycles. The minimum Gasteiger partial charge on any atom is -0.361 e. The molecule has 0 bridgehead atoms. The van der Waals surface area contributed by atoms with Gasteiger partial charge in [0.15, 0.2) is 0 Å². The average Bonchev–Trinajstić information content (AvgIpc) is 3.26. The number of aromatic nitrogens is 1. The smallest absolute Gasteiger partial charge is 0.251 e. The summed E-state index contributed by atoms with van der Waals surface area (Å²) in [5.41, 5.74) is 3.47. The number of carbonyl (C=O) groups excluding carboxylic acids is 2. The topological polar surface area (TPSA) is 65.2 Å². The molecule has 5 heteroatoms. The molecule has 0 spiro atoms. The Labute approximate surface area is 145 Å². The molecule has 1 aliphatic rings. The van der Waals surface area contributed by atoms with Gasteiger partial charge in [0.25, 0.3) is 5.91 Å². The zero-order chi connectivity index (χ0) is 17.2. The summed E-state index contributed by atoms with van der Waals surface area (Å²) in [5.74, 6) is -0.0184. The molecule has 1 aromatic heterocycles. The Balaban J connectivity index is 1.49. The number of fused-ring (bicyclic) bond motifs is 1. The van der Waals surface area contributed by atoms with E-state index in [0.717, 1.165) is 35.1 Å². The normalized spacial score (nSPS) is 14.2. The lowest BCUT2D eigenvalue weighted by molar-refractivity contribution is -0.117. The van der Waals surface area contributed by atoms with Crippen LogP contribution in [-0.4, -0.2) is 23.3 Å². The van der Waals surface area contributed by atoms with Crippen LogP contribution in [0.3, 0.4) is 0 Å². The van der Waals surface area contributed by atoms with Crippen molar-refractivity contribution in [1.82, 2.24) is 10.3 Å². The van der Waals surface area contributed by atoms with Crippen LogP contribution in [0.25, 0.3) is 10.9 Å². The van der Waals surface area contributed by atoms with Crippen LogP contribution in [0.4, 0.5) is 5.69 Å². The Hall–Kier alpha value is -3.08. The number of anilines is 1. The maximum atomic E-state index is 12.5. The Morgan fingerprint density at radius 2 is 2.04 bits per heavy atom. The first-order chi connectivity index (χ1) is 12.2. The molecule has 4 rings (SSSR count). The van der Waals surface area contributed by atoms with Crippen molar-refractivity contribution >= 4 is 28.4 Å². The van der Waals surface area contributed by atoms with Gasteiger partial charge in [-0.15, -0.1) is 0 Å². The van der Waals surface area contributed by atoms with Crippen LogP contribution < -0.4 is 10.2 Å². The third kappa shape index (κ3) is 3.01. The molecule has 0 atom stereocenters. The van der Waals surface area contributed by atoms with Gasteiger partial charge in [-0.05, 0) is 36.2 Å². The molecule has 0 unspecified atom stereocenters. The van der Waals surface area contributed by atoms with Gasteiger partial charge in [0.05, 0.1) is 0 Å². The largest absolute Gasteiger partial charge is 0.361 e. The standard InChI is InChI=1S/C20H19N3O2/c24-19-9-4-10-23(19)16-6-3-5-14(11-16)20(25)22-13-15-12-21-18-8-2-1-7-17(15)18/h1-3,5-8,11-12,21H,4,9-10,13H2,(H,22,25). The van der Waals surface area contributed by atoms with E-state index < -0.39 is 0 Å². The van der Waals surface area contributed by atoms with E-state index in [1.54, 1.807) is 17.0 Å². The van der Waals surface area contributed by atoms with Gasteiger partial charge in [-0.3, -0.25) is 9.59 Å². The Morgan fingerprint density at radius 1 is 1.16 bits per heavy atom. The molecular formula is C20H19N3O2. The maximum absolute atomic E-state index is 12.5. The number of nitrogens with one attached hydrogen (secondary N) is 2. The summed E-state index contributed by atoms with van der Waals surface area (Å²) in [6, 6.07) is 15.3. The second-order valence-corrected chi connectivity index (χ2v) is 6.24. The van der Waals surface area contributed by atoms with E-state index in [2.05, 4.69) is 10.3 Å². The number of carbonyl (C=O) groups is 2. The molecule has 3 aromatic rings. The molecule has 5 nitrogen and oxygen atoms in total. The van der Waals surface area contributed by atoms with E-state index in [4.69, 9.17) is 0 Å². The maximum Gasteiger partial charge on any atom is 0.251 e. The number of hydrogen-bond donors (Lipinski definition) is 2. The number of hydrogen-bond acceptors (Lipinski definition) is 2. The summed E-state index contributed by atoms with van der Waals surface area (Å²) in [6.07, 6.45) is 3.37.